The summed E-state index contributed by atoms with van der Waals surface area (Å²) in [6, 6.07) is 7.86. The number of morpholine rings is 1. The van der Waals surface area contributed by atoms with Gasteiger partial charge in [0, 0.05) is 51.5 Å². The molecule has 132 valence electrons. The number of halogens is 1. The topological polar surface area (TPSA) is 57.6 Å². The highest BCUT2D eigenvalue weighted by Gasteiger charge is 2.21. The second-order valence-corrected chi connectivity index (χ2v) is 6.50. The fourth-order valence-corrected chi connectivity index (χ4v) is 3.34. The first-order chi connectivity index (χ1) is 12.3. The second-order valence-electron chi connectivity index (χ2n) is 6.11. The Hall–Kier alpha value is -2.12. The molecule has 4 heterocycles. The Labute approximate surface area is 152 Å². The third kappa shape index (κ3) is 3.77. The van der Waals surface area contributed by atoms with E-state index in [2.05, 4.69) is 24.7 Å². The molecule has 0 amide bonds. The summed E-state index contributed by atoms with van der Waals surface area (Å²) in [7, 11) is 0. The number of ether oxygens (including phenoxy) is 1. The molecule has 2 aliphatic rings. The molecule has 8 heteroatoms. The molecular weight excluding hydrogens is 340 g/mol. The average molecular weight is 361 g/mol. The molecule has 0 atom stereocenters. The van der Waals surface area contributed by atoms with Gasteiger partial charge in [0.25, 0.3) is 0 Å². The molecule has 0 unspecified atom stereocenters. The molecule has 2 aliphatic heterocycles. The Morgan fingerprint density at radius 1 is 0.840 bits per heavy atom. The van der Waals surface area contributed by atoms with Crippen molar-refractivity contribution >= 4 is 29.2 Å². The van der Waals surface area contributed by atoms with Crippen LogP contribution in [0.25, 0.3) is 0 Å². The van der Waals surface area contributed by atoms with Crippen molar-refractivity contribution in [3.8, 4) is 0 Å². The van der Waals surface area contributed by atoms with Crippen LogP contribution in [0.3, 0.4) is 0 Å². The van der Waals surface area contributed by atoms with Crippen LogP contribution in [-0.2, 0) is 4.74 Å². The third-order valence-electron chi connectivity index (χ3n) is 4.54. The minimum atomic E-state index is 0.485. The van der Waals surface area contributed by atoms with E-state index in [1.54, 1.807) is 0 Å². The van der Waals surface area contributed by atoms with Gasteiger partial charge in [-0.1, -0.05) is 17.7 Å². The van der Waals surface area contributed by atoms with Crippen LogP contribution in [-0.4, -0.2) is 67.4 Å². The van der Waals surface area contributed by atoms with E-state index in [1.807, 2.05) is 30.5 Å². The van der Waals surface area contributed by atoms with Crippen LogP contribution in [0.2, 0.25) is 5.15 Å². The first-order valence-electron chi connectivity index (χ1n) is 8.58. The zero-order valence-electron chi connectivity index (χ0n) is 14.0. The van der Waals surface area contributed by atoms with Crippen molar-refractivity contribution in [2.75, 3.05) is 67.2 Å². The number of rotatable bonds is 3. The van der Waals surface area contributed by atoms with Crippen molar-refractivity contribution in [2.45, 2.75) is 0 Å². The molecule has 0 radical (unpaired) electrons. The van der Waals surface area contributed by atoms with Gasteiger partial charge in [-0.3, -0.25) is 0 Å². The smallest absolute Gasteiger partial charge is 0.228 e. The summed E-state index contributed by atoms with van der Waals surface area (Å²) in [6.07, 6.45) is 1.83. The van der Waals surface area contributed by atoms with E-state index in [9.17, 15) is 0 Å². The quantitative estimate of drug-likeness (QED) is 0.772. The van der Waals surface area contributed by atoms with Crippen LogP contribution in [0.15, 0.2) is 30.5 Å². The van der Waals surface area contributed by atoms with Gasteiger partial charge in [0.1, 0.15) is 16.8 Å². The Morgan fingerprint density at radius 3 is 2.24 bits per heavy atom. The Morgan fingerprint density at radius 2 is 1.56 bits per heavy atom. The van der Waals surface area contributed by atoms with E-state index in [0.717, 1.165) is 50.9 Å². The zero-order chi connectivity index (χ0) is 17.1. The molecule has 0 aromatic carbocycles. The monoisotopic (exact) mass is 360 g/mol. The summed E-state index contributed by atoms with van der Waals surface area (Å²) in [5.74, 6) is 2.61. The third-order valence-corrected chi connectivity index (χ3v) is 4.73. The van der Waals surface area contributed by atoms with E-state index >= 15 is 0 Å². The molecule has 0 bridgehead atoms. The fraction of sp³-hybridized carbons (Fsp3) is 0.471. The van der Waals surface area contributed by atoms with Crippen LogP contribution >= 0.6 is 11.6 Å². The number of hydrogen-bond acceptors (Lipinski definition) is 7. The number of piperazine rings is 1. The molecule has 2 aromatic heterocycles. The van der Waals surface area contributed by atoms with Gasteiger partial charge < -0.3 is 19.4 Å². The lowest BCUT2D eigenvalue weighted by Gasteiger charge is -2.36. The van der Waals surface area contributed by atoms with Crippen LogP contribution in [0.4, 0.5) is 17.6 Å². The lowest BCUT2D eigenvalue weighted by atomic mass is 10.3. The molecule has 2 fully saturated rings. The van der Waals surface area contributed by atoms with Gasteiger partial charge in [-0.2, -0.15) is 4.98 Å². The lowest BCUT2D eigenvalue weighted by Crippen LogP contribution is -2.47. The molecule has 0 aliphatic carbocycles. The molecule has 2 aromatic rings. The number of hydrogen-bond donors (Lipinski definition) is 0. The van der Waals surface area contributed by atoms with E-state index in [-0.39, 0.29) is 0 Å². The Kier molecular flexibility index (Phi) is 4.85. The Balaban J connectivity index is 1.46. The minimum absolute atomic E-state index is 0.485. The molecule has 0 spiro atoms. The minimum Gasteiger partial charge on any atom is -0.378 e. The van der Waals surface area contributed by atoms with E-state index in [0.29, 0.717) is 24.3 Å². The normalized spacial score (nSPS) is 18.5. The highest BCUT2D eigenvalue weighted by molar-refractivity contribution is 6.29. The predicted molar refractivity (Wildman–Crippen MR) is 98.7 cm³/mol. The summed E-state index contributed by atoms with van der Waals surface area (Å²) in [5, 5.41) is 0.485. The SMILES string of the molecule is Clc1cc(N2CCN(c3ccccn3)CC2)nc(N2CCOCC2)n1. The fourth-order valence-electron chi connectivity index (χ4n) is 3.17. The van der Waals surface area contributed by atoms with Crippen LogP contribution in [0.1, 0.15) is 0 Å². The van der Waals surface area contributed by atoms with Crippen molar-refractivity contribution in [3.63, 3.8) is 0 Å². The number of anilines is 3. The molecule has 4 rings (SSSR count). The van der Waals surface area contributed by atoms with Crippen molar-refractivity contribution in [3.05, 3.63) is 35.6 Å². The van der Waals surface area contributed by atoms with E-state index in [4.69, 9.17) is 21.3 Å². The van der Waals surface area contributed by atoms with Gasteiger partial charge >= 0.3 is 0 Å². The Bertz CT molecular complexity index is 702. The van der Waals surface area contributed by atoms with E-state index in [1.165, 1.54) is 0 Å². The van der Waals surface area contributed by atoms with Gasteiger partial charge in [-0.05, 0) is 12.1 Å². The van der Waals surface area contributed by atoms with Gasteiger partial charge in [-0.25, -0.2) is 9.97 Å². The summed E-state index contributed by atoms with van der Waals surface area (Å²) in [4.78, 5) is 20.3. The van der Waals surface area contributed by atoms with Gasteiger partial charge in [-0.15, -0.1) is 0 Å². The number of aromatic nitrogens is 3. The van der Waals surface area contributed by atoms with Gasteiger partial charge in [0.05, 0.1) is 13.2 Å². The highest BCUT2D eigenvalue weighted by Crippen LogP contribution is 2.23. The van der Waals surface area contributed by atoms with Crippen LogP contribution < -0.4 is 14.7 Å². The van der Waals surface area contributed by atoms with Crippen LogP contribution in [0, 0.1) is 0 Å². The molecule has 7 nitrogen and oxygen atoms in total. The predicted octanol–water partition coefficient (Wildman–Crippen LogP) is 1.69. The van der Waals surface area contributed by atoms with Crippen LogP contribution in [0.5, 0.6) is 0 Å². The maximum atomic E-state index is 6.26. The van der Waals surface area contributed by atoms with Crippen molar-refractivity contribution in [2.24, 2.45) is 0 Å². The van der Waals surface area contributed by atoms with E-state index < -0.39 is 0 Å². The zero-order valence-corrected chi connectivity index (χ0v) is 14.8. The summed E-state index contributed by atoms with van der Waals surface area (Å²) in [6.45, 7) is 6.58. The largest absolute Gasteiger partial charge is 0.378 e. The average Bonchev–Trinajstić information content (AvgIpc) is 2.69. The van der Waals surface area contributed by atoms with Crippen molar-refractivity contribution in [1.82, 2.24) is 15.0 Å². The summed E-state index contributed by atoms with van der Waals surface area (Å²) in [5.41, 5.74) is 0. The van der Waals surface area contributed by atoms with Gasteiger partial charge in [0.15, 0.2) is 0 Å². The summed E-state index contributed by atoms with van der Waals surface area (Å²) >= 11 is 6.26. The molecular formula is C17H21ClN6O. The molecule has 25 heavy (non-hydrogen) atoms. The first kappa shape index (κ1) is 16.4. The molecule has 0 saturated carbocycles. The number of nitrogens with zero attached hydrogens (tertiary/aromatic N) is 6. The maximum absolute atomic E-state index is 6.26. The standard InChI is InChI=1S/C17H21ClN6O/c18-14-13-16(21-17(20-14)24-9-11-25-12-10-24)23-7-5-22(6-8-23)15-3-1-2-4-19-15/h1-4,13H,5-12H2. The number of pyridine rings is 1. The highest BCUT2D eigenvalue weighted by atomic mass is 35.5. The van der Waals surface area contributed by atoms with Gasteiger partial charge in [0.2, 0.25) is 5.95 Å². The lowest BCUT2D eigenvalue weighted by molar-refractivity contribution is 0.122. The maximum Gasteiger partial charge on any atom is 0.228 e. The first-order valence-corrected chi connectivity index (χ1v) is 8.95. The second kappa shape index (κ2) is 7.41. The van der Waals surface area contributed by atoms with Crippen molar-refractivity contribution < 1.29 is 4.74 Å². The molecule has 0 N–H and O–H groups in total. The van der Waals surface area contributed by atoms with Crippen molar-refractivity contribution in [1.29, 1.82) is 0 Å². The molecule has 2 saturated heterocycles. The summed E-state index contributed by atoms with van der Waals surface area (Å²) < 4.78 is 5.40.